The molecule has 1 amide bonds. The summed E-state index contributed by atoms with van der Waals surface area (Å²) in [5, 5.41) is 0.188. The average Bonchev–Trinajstić information content (AvgIpc) is 3.42. The lowest BCUT2D eigenvalue weighted by molar-refractivity contribution is -0.199. The molecule has 2 aliphatic rings. The van der Waals surface area contributed by atoms with Crippen LogP contribution in [0.2, 0.25) is 0 Å². The number of carbonyl (C=O) groups is 2. The third-order valence-electron chi connectivity index (χ3n) is 6.18. The van der Waals surface area contributed by atoms with Gasteiger partial charge in [0.25, 0.3) is 5.91 Å². The molecule has 0 radical (unpaired) electrons. The van der Waals surface area contributed by atoms with Gasteiger partial charge in [-0.15, -0.1) is 5.06 Å². The number of likely N-dealkylation sites (N-methyl/N-ethyl adjacent to an activating group) is 1. The van der Waals surface area contributed by atoms with Crippen molar-refractivity contribution in [2.45, 2.75) is 49.5 Å². The van der Waals surface area contributed by atoms with Crippen LogP contribution in [-0.4, -0.2) is 74.0 Å². The molecule has 2 fully saturated rings. The van der Waals surface area contributed by atoms with Crippen molar-refractivity contribution in [1.29, 1.82) is 0 Å². The summed E-state index contributed by atoms with van der Waals surface area (Å²) in [6, 6.07) is 10.1. The molecule has 2 heterocycles. The van der Waals surface area contributed by atoms with E-state index in [0.717, 1.165) is 6.07 Å². The number of halogens is 3. The largest absolute Gasteiger partial charge is 0.493 e. The number of rotatable bonds is 6. The van der Waals surface area contributed by atoms with E-state index in [9.17, 15) is 31.2 Å². The molecule has 0 N–H and O–H groups in total. The lowest BCUT2D eigenvalue weighted by Crippen LogP contribution is -2.47. The number of benzene rings is 2. The summed E-state index contributed by atoms with van der Waals surface area (Å²) in [7, 11) is -2.05. The Balaban J connectivity index is 1.64. The molecule has 0 aliphatic carbocycles. The monoisotopic (exact) mass is 541 g/mol. The number of amides is 1. The second-order valence-electron chi connectivity index (χ2n) is 9.22. The summed E-state index contributed by atoms with van der Waals surface area (Å²) in [6.07, 6.45) is -4.85. The van der Waals surface area contributed by atoms with Crippen LogP contribution in [0.3, 0.4) is 0 Å². The molecule has 0 spiro atoms. The number of anilines is 1. The van der Waals surface area contributed by atoms with E-state index in [0.29, 0.717) is 25.3 Å². The van der Waals surface area contributed by atoms with Gasteiger partial charge in [-0.1, -0.05) is 6.07 Å². The molecule has 9 nitrogen and oxygen atoms in total. The third kappa shape index (κ3) is 5.58. The van der Waals surface area contributed by atoms with Crippen molar-refractivity contribution in [2.24, 2.45) is 0 Å². The van der Waals surface area contributed by atoms with Crippen LogP contribution in [0.25, 0.3) is 0 Å². The lowest BCUT2D eigenvalue weighted by Gasteiger charge is -2.31. The zero-order valence-electron chi connectivity index (χ0n) is 20.3. The van der Waals surface area contributed by atoms with Crippen LogP contribution < -0.4 is 9.80 Å². The Morgan fingerprint density at radius 2 is 1.73 bits per heavy atom. The Kier molecular flexibility index (Phi) is 7.23. The Hall–Kier alpha value is -3.16. The van der Waals surface area contributed by atoms with Crippen molar-refractivity contribution in [3.8, 4) is 5.75 Å². The fourth-order valence-corrected chi connectivity index (χ4v) is 6.16. The Bertz CT molecular complexity index is 1280. The predicted molar refractivity (Wildman–Crippen MR) is 126 cm³/mol. The fourth-order valence-electron chi connectivity index (χ4n) is 4.44. The standard InChI is InChI=1S/C24H26F3N3O6S/c1-15(2)35-20-9-7-17(8-10-20)30(36-23(32)24(25,26)27)22(31)16-5-4-6-21(11-16)37(33,34)29-14-18-12-19(29)13-28(18)3/h4-11,15,18-19H,12-14H2,1-3H3/t18-,19-/m0/s1. The van der Waals surface area contributed by atoms with Crippen molar-refractivity contribution in [1.82, 2.24) is 9.21 Å². The van der Waals surface area contributed by atoms with Crippen LogP contribution in [0, 0.1) is 0 Å². The summed E-state index contributed by atoms with van der Waals surface area (Å²) in [6.45, 7) is 4.45. The smallest absolute Gasteiger partial charge is 0.491 e. The molecule has 0 saturated carbocycles. The third-order valence-corrected chi connectivity index (χ3v) is 8.10. The topological polar surface area (TPSA) is 96.5 Å². The maximum absolute atomic E-state index is 13.3. The van der Waals surface area contributed by atoms with Gasteiger partial charge in [-0.2, -0.15) is 17.5 Å². The van der Waals surface area contributed by atoms with Gasteiger partial charge in [-0.25, -0.2) is 13.2 Å². The van der Waals surface area contributed by atoms with Crippen molar-refractivity contribution in [3.05, 3.63) is 54.1 Å². The van der Waals surface area contributed by atoms with E-state index in [2.05, 4.69) is 9.74 Å². The molecule has 2 aliphatic heterocycles. The zero-order valence-corrected chi connectivity index (χ0v) is 21.1. The fraction of sp³-hybridized carbons (Fsp3) is 0.417. The molecule has 2 bridgehead atoms. The number of carbonyl (C=O) groups excluding carboxylic acids is 2. The van der Waals surface area contributed by atoms with Crippen molar-refractivity contribution in [2.75, 3.05) is 25.2 Å². The van der Waals surface area contributed by atoms with E-state index in [-0.39, 0.29) is 39.4 Å². The molecular formula is C24H26F3N3O6S. The van der Waals surface area contributed by atoms with Crippen LogP contribution in [0.4, 0.5) is 18.9 Å². The van der Waals surface area contributed by atoms with E-state index in [1.165, 1.54) is 46.8 Å². The highest BCUT2D eigenvalue weighted by Crippen LogP contribution is 2.34. The minimum atomic E-state index is -5.37. The minimum Gasteiger partial charge on any atom is -0.491 e. The normalized spacial score (nSPS) is 20.3. The summed E-state index contributed by atoms with van der Waals surface area (Å²) < 4.78 is 72.4. The number of likely N-dealkylation sites (tertiary alicyclic amines) is 1. The average molecular weight is 542 g/mol. The van der Waals surface area contributed by atoms with Gasteiger partial charge in [-0.05, 0) is 69.8 Å². The van der Waals surface area contributed by atoms with Crippen molar-refractivity contribution < 1.29 is 40.8 Å². The van der Waals surface area contributed by atoms with Crippen molar-refractivity contribution >= 4 is 27.6 Å². The van der Waals surface area contributed by atoms with Gasteiger partial charge in [0.1, 0.15) is 5.75 Å². The first-order valence-electron chi connectivity index (χ1n) is 11.5. The molecule has 2 aromatic carbocycles. The molecule has 2 aromatic rings. The molecule has 2 atom stereocenters. The van der Waals surface area contributed by atoms with Crippen LogP contribution in [0.5, 0.6) is 5.75 Å². The molecule has 0 aromatic heterocycles. The highest BCUT2D eigenvalue weighted by Gasteiger charge is 2.47. The molecule has 13 heteroatoms. The zero-order chi connectivity index (χ0) is 27.1. The highest BCUT2D eigenvalue weighted by atomic mass is 32.2. The first kappa shape index (κ1) is 26.9. The molecule has 4 rings (SSSR count). The number of alkyl halides is 3. The van der Waals surface area contributed by atoms with E-state index in [1.54, 1.807) is 13.8 Å². The summed E-state index contributed by atoms with van der Waals surface area (Å²) in [5.41, 5.74) is -0.466. The van der Waals surface area contributed by atoms with E-state index in [1.807, 2.05) is 7.05 Å². The predicted octanol–water partition coefficient (Wildman–Crippen LogP) is 3.22. The minimum absolute atomic E-state index is 0.101. The quantitative estimate of drug-likeness (QED) is 0.518. The second-order valence-corrected chi connectivity index (χ2v) is 11.1. The molecule has 200 valence electrons. The van der Waals surface area contributed by atoms with Gasteiger partial charge in [0.15, 0.2) is 0 Å². The molecular weight excluding hydrogens is 515 g/mol. The number of hydrogen-bond acceptors (Lipinski definition) is 7. The Morgan fingerprint density at radius 3 is 2.27 bits per heavy atom. The number of nitrogens with zero attached hydrogens (tertiary/aromatic N) is 3. The van der Waals surface area contributed by atoms with Gasteiger partial charge in [0, 0.05) is 30.7 Å². The Morgan fingerprint density at radius 1 is 1.05 bits per heavy atom. The van der Waals surface area contributed by atoms with E-state index >= 15 is 0 Å². The van der Waals surface area contributed by atoms with Gasteiger partial charge in [-0.3, -0.25) is 4.79 Å². The van der Waals surface area contributed by atoms with Crippen LogP contribution in [0.15, 0.2) is 53.4 Å². The lowest BCUT2D eigenvalue weighted by atomic mass is 10.2. The summed E-state index contributed by atoms with van der Waals surface area (Å²) in [5.74, 6) is -3.38. The molecule has 0 unspecified atom stereocenters. The SMILES string of the molecule is CC(C)Oc1ccc(N(OC(=O)C(F)(F)F)C(=O)c2cccc(S(=O)(=O)N3C[C@@H]4C[C@H]3CN4C)c2)cc1. The maximum Gasteiger partial charge on any atom is 0.493 e. The van der Waals surface area contributed by atoms with Gasteiger partial charge < -0.3 is 14.5 Å². The number of hydroxylamine groups is 1. The van der Waals surface area contributed by atoms with Gasteiger partial charge >= 0.3 is 12.1 Å². The maximum atomic E-state index is 13.3. The van der Waals surface area contributed by atoms with E-state index < -0.39 is 28.1 Å². The summed E-state index contributed by atoms with van der Waals surface area (Å²) in [4.78, 5) is 31.2. The summed E-state index contributed by atoms with van der Waals surface area (Å²) >= 11 is 0. The number of fused-ring (bicyclic) bond motifs is 2. The van der Waals surface area contributed by atoms with Gasteiger partial charge in [0.2, 0.25) is 10.0 Å². The van der Waals surface area contributed by atoms with Gasteiger partial charge in [0.05, 0.1) is 16.7 Å². The number of ether oxygens (including phenoxy) is 1. The Labute approximate surface area is 212 Å². The second kappa shape index (κ2) is 9.95. The van der Waals surface area contributed by atoms with Crippen LogP contribution >= 0.6 is 0 Å². The number of hydrogen-bond donors (Lipinski definition) is 0. The first-order valence-corrected chi connectivity index (χ1v) is 12.9. The highest BCUT2D eigenvalue weighted by molar-refractivity contribution is 7.89. The van der Waals surface area contributed by atoms with Crippen molar-refractivity contribution in [3.63, 3.8) is 0 Å². The van der Waals surface area contributed by atoms with Crippen LogP contribution in [0.1, 0.15) is 30.6 Å². The number of sulfonamides is 1. The first-order chi connectivity index (χ1) is 17.3. The number of piperazine rings is 1. The van der Waals surface area contributed by atoms with Crippen LogP contribution in [-0.2, 0) is 19.7 Å². The van der Waals surface area contributed by atoms with E-state index in [4.69, 9.17) is 4.74 Å². The molecule has 2 saturated heterocycles. The molecule has 37 heavy (non-hydrogen) atoms.